The fourth-order valence-corrected chi connectivity index (χ4v) is 3.76. The lowest BCUT2D eigenvalue weighted by atomic mass is 9.73. The molecule has 2 amide bonds. The Morgan fingerprint density at radius 2 is 1.61 bits per heavy atom. The van der Waals surface area contributed by atoms with Crippen molar-refractivity contribution in [1.29, 1.82) is 0 Å². The Labute approximate surface area is 179 Å². The molecule has 0 atom stereocenters. The summed E-state index contributed by atoms with van der Waals surface area (Å²) in [4.78, 5) is 29.9. The number of hydrogen-bond acceptors (Lipinski definition) is 4. The van der Waals surface area contributed by atoms with Crippen molar-refractivity contribution in [3.63, 3.8) is 0 Å². The molecule has 2 N–H and O–H groups in total. The maximum absolute atomic E-state index is 13.4. The molecule has 0 aliphatic carbocycles. The van der Waals surface area contributed by atoms with Crippen LogP contribution >= 0.6 is 0 Å². The number of amides is 2. The van der Waals surface area contributed by atoms with Crippen molar-refractivity contribution in [1.82, 2.24) is 4.98 Å². The lowest BCUT2D eigenvalue weighted by molar-refractivity contribution is -0.125. The van der Waals surface area contributed by atoms with Gasteiger partial charge in [0.25, 0.3) is 5.91 Å². The molecule has 4 rings (SSSR count). The van der Waals surface area contributed by atoms with Crippen LogP contribution in [-0.2, 0) is 14.9 Å². The van der Waals surface area contributed by atoms with Crippen LogP contribution in [0.1, 0.15) is 28.8 Å². The van der Waals surface area contributed by atoms with Gasteiger partial charge in [0, 0.05) is 42.5 Å². The lowest BCUT2D eigenvalue weighted by Gasteiger charge is -2.36. The van der Waals surface area contributed by atoms with Crippen LogP contribution in [0.15, 0.2) is 73.1 Å². The molecule has 1 saturated heterocycles. The predicted octanol–water partition coefficient (Wildman–Crippen LogP) is 4.16. The van der Waals surface area contributed by atoms with Crippen molar-refractivity contribution in [3.8, 4) is 0 Å². The molecule has 0 saturated carbocycles. The first-order valence-corrected chi connectivity index (χ1v) is 10.0. The van der Waals surface area contributed by atoms with Crippen molar-refractivity contribution in [2.45, 2.75) is 18.3 Å². The van der Waals surface area contributed by atoms with Gasteiger partial charge in [-0.3, -0.25) is 14.6 Å². The van der Waals surface area contributed by atoms with Crippen LogP contribution in [0.25, 0.3) is 0 Å². The number of carbonyl (C=O) groups is 2. The van der Waals surface area contributed by atoms with Gasteiger partial charge in [0.1, 0.15) is 5.82 Å². The van der Waals surface area contributed by atoms with Gasteiger partial charge in [0.2, 0.25) is 5.91 Å². The minimum Gasteiger partial charge on any atom is -0.381 e. The summed E-state index contributed by atoms with van der Waals surface area (Å²) in [5, 5.41) is 5.74. The van der Waals surface area contributed by atoms with Crippen LogP contribution in [0.5, 0.6) is 0 Å². The van der Waals surface area contributed by atoms with Gasteiger partial charge in [-0.2, -0.15) is 0 Å². The molecular formula is C24H22FN3O3. The Morgan fingerprint density at radius 1 is 0.903 bits per heavy atom. The molecule has 1 aromatic heterocycles. The molecule has 158 valence electrons. The number of benzene rings is 2. The summed E-state index contributed by atoms with van der Waals surface area (Å²) in [6, 6.07) is 16.2. The van der Waals surface area contributed by atoms with E-state index in [9.17, 15) is 14.0 Å². The van der Waals surface area contributed by atoms with Gasteiger partial charge >= 0.3 is 0 Å². The Kier molecular flexibility index (Phi) is 6.04. The third kappa shape index (κ3) is 4.62. The number of aromatic nitrogens is 1. The van der Waals surface area contributed by atoms with E-state index in [1.807, 2.05) is 0 Å². The van der Waals surface area contributed by atoms with Gasteiger partial charge in [-0.05, 0) is 60.9 Å². The van der Waals surface area contributed by atoms with Crippen LogP contribution in [0, 0.1) is 5.82 Å². The number of halogens is 1. The fraction of sp³-hybridized carbons (Fsp3) is 0.208. The summed E-state index contributed by atoms with van der Waals surface area (Å²) in [5.74, 6) is -0.838. The van der Waals surface area contributed by atoms with E-state index in [-0.39, 0.29) is 17.6 Å². The number of nitrogens with zero attached hydrogens (tertiary/aromatic N) is 1. The third-order valence-corrected chi connectivity index (χ3v) is 5.50. The van der Waals surface area contributed by atoms with E-state index in [2.05, 4.69) is 15.6 Å². The topological polar surface area (TPSA) is 80.3 Å². The van der Waals surface area contributed by atoms with E-state index in [1.165, 1.54) is 12.1 Å². The molecule has 2 aromatic carbocycles. The van der Waals surface area contributed by atoms with Gasteiger partial charge in [0.15, 0.2) is 0 Å². The number of carbonyl (C=O) groups excluding carboxylic acids is 2. The van der Waals surface area contributed by atoms with E-state index < -0.39 is 5.41 Å². The molecule has 0 unspecified atom stereocenters. The highest BCUT2D eigenvalue weighted by atomic mass is 19.1. The maximum atomic E-state index is 13.4. The van der Waals surface area contributed by atoms with Crippen LogP contribution in [0.4, 0.5) is 15.8 Å². The first-order chi connectivity index (χ1) is 15.1. The molecule has 7 heteroatoms. The number of hydrogen-bond donors (Lipinski definition) is 2. The zero-order valence-corrected chi connectivity index (χ0v) is 16.8. The standard InChI is InChI=1S/C24H22FN3O3/c25-19-6-4-18(5-7-19)24(10-14-31-15-11-24)23(30)28-21-3-1-2-17(16-21)22(29)27-20-8-12-26-13-9-20/h1-9,12-13,16H,10-11,14-15H2,(H,28,30)(H,26,27,29). The van der Waals surface area contributed by atoms with Crippen molar-refractivity contribution >= 4 is 23.2 Å². The average Bonchev–Trinajstić information content (AvgIpc) is 2.81. The zero-order chi connectivity index (χ0) is 21.7. The van der Waals surface area contributed by atoms with E-state index in [4.69, 9.17) is 4.74 Å². The van der Waals surface area contributed by atoms with Gasteiger partial charge < -0.3 is 15.4 Å². The van der Waals surface area contributed by atoms with E-state index in [1.54, 1.807) is 60.9 Å². The number of anilines is 2. The second-order valence-corrected chi connectivity index (χ2v) is 7.43. The van der Waals surface area contributed by atoms with Gasteiger partial charge in [0.05, 0.1) is 5.41 Å². The highest BCUT2D eigenvalue weighted by molar-refractivity contribution is 6.06. The van der Waals surface area contributed by atoms with E-state index in [0.717, 1.165) is 5.56 Å². The third-order valence-electron chi connectivity index (χ3n) is 5.50. The number of pyridine rings is 1. The second kappa shape index (κ2) is 9.06. The minimum absolute atomic E-state index is 0.200. The van der Waals surface area contributed by atoms with E-state index in [0.29, 0.717) is 43.0 Å². The highest BCUT2D eigenvalue weighted by Crippen LogP contribution is 2.36. The highest BCUT2D eigenvalue weighted by Gasteiger charge is 2.41. The van der Waals surface area contributed by atoms with Crippen LogP contribution < -0.4 is 10.6 Å². The van der Waals surface area contributed by atoms with Crippen molar-refractivity contribution in [2.24, 2.45) is 0 Å². The Balaban J connectivity index is 1.54. The lowest BCUT2D eigenvalue weighted by Crippen LogP contribution is -2.44. The maximum Gasteiger partial charge on any atom is 0.255 e. The summed E-state index contributed by atoms with van der Waals surface area (Å²) >= 11 is 0. The summed E-state index contributed by atoms with van der Waals surface area (Å²) in [7, 11) is 0. The number of ether oxygens (including phenoxy) is 1. The smallest absolute Gasteiger partial charge is 0.255 e. The molecular weight excluding hydrogens is 397 g/mol. The summed E-state index contributed by atoms with van der Waals surface area (Å²) in [5.41, 5.74) is 1.49. The van der Waals surface area contributed by atoms with Crippen LogP contribution in [-0.4, -0.2) is 30.0 Å². The van der Waals surface area contributed by atoms with Crippen molar-refractivity contribution in [3.05, 3.63) is 90.0 Å². The summed E-state index contributed by atoms with van der Waals surface area (Å²) in [6.45, 7) is 0.887. The summed E-state index contributed by atoms with van der Waals surface area (Å²) < 4.78 is 18.9. The first-order valence-electron chi connectivity index (χ1n) is 10.0. The number of nitrogens with one attached hydrogen (secondary N) is 2. The predicted molar refractivity (Wildman–Crippen MR) is 115 cm³/mol. The quantitative estimate of drug-likeness (QED) is 0.651. The molecule has 1 aliphatic rings. The Hall–Kier alpha value is -3.58. The second-order valence-electron chi connectivity index (χ2n) is 7.43. The van der Waals surface area contributed by atoms with Gasteiger partial charge in [-0.25, -0.2) is 4.39 Å². The summed E-state index contributed by atoms with van der Waals surface area (Å²) in [6.07, 6.45) is 4.17. The zero-order valence-electron chi connectivity index (χ0n) is 16.8. The Morgan fingerprint density at radius 3 is 2.32 bits per heavy atom. The van der Waals surface area contributed by atoms with Crippen LogP contribution in [0.2, 0.25) is 0 Å². The fourth-order valence-electron chi connectivity index (χ4n) is 3.76. The van der Waals surface area contributed by atoms with Gasteiger partial charge in [-0.15, -0.1) is 0 Å². The molecule has 0 radical (unpaired) electrons. The molecule has 31 heavy (non-hydrogen) atoms. The van der Waals surface area contributed by atoms with E-state index >= 15 is 0 Å². The monoisotopic (exact) mass is 419 g/mol. The average molecular weight is 419 g/mol. The molecule has 6 nitrogen and oxygen atoms in total. The largest absolute Gasteiger partial charge is 0.381 e. The molecule has 3 aromatic rings. The SMILES string of the molecule is O=C(Nc1ccncc1)c1cccc(NC(=O)C2(c3ccc(F)cc3)CCOCC2)c1. The molecule has 0 spiro atoms. The molecule has 1 aliphatic heterocycles. The van der Waals surface area contributed by atoms with Crippen molar-refractivity contribution in [2.75, 3.05) is 23.8 Å². The molecule has 1 fully saturated rings. The molecule has 0 bridgehead atoms. The van der Waals surface area contributed by atoms with Crippen LogP contribution in [0.3, 0.4) is 0 Å². The normalized spacial score (nSPS) is 15.1. The first kappa shape index (κ1) is 20.7. The van der Waals surface area contributed by atoms with Crippen molar-refractivity contribution < 1.29 is 18.7 Å². The number of rotatable bonds is 5. The minimum atomic E-state index is -0.818. The molecule has 2 heterocycles. The Bertz CT molecular complexity index is 1060. The van der Waals surface area contributed by atoms with Gasteiger partial charge in [-0.1, -0.05) is 18.2 Å².